The van der Waals surface area contributed by atoms with E-state index in [4.69, 9.17) is 9.15 Å². The molecule has 0 bridgehead atoms. The van der Waals surface area contributed by atoms with Crippen LogP contribution in [0.25, 0.3) is 11.0 Å². The molecule has 3 aromatic carbocycles. The zero-order chi connectivity index (χ0) is 24.3. The number of benzene rings is 3. The molecule has 2 N–H and O–H groups in total. The fraction of sp³-hybridized carbons (Fsp3) is 0.154. The maximum atomic E-state index is 13.2. The number of hydrogen-bond donors (Lipinski definition) is 2. The molecule has 0 aliphatic carbocycles. The van der Waals surface area contributed by atoms with Gasteiger partial charge in [-0.05, 0) is 42.8 Å². The van der Waals surface area contributed by atoms with E-state index in [0.717, 1.165) is 11.8 Å². The van der Waals surface area contributed by atoms with Crippen LogP contribution in [0, 0.1) is 0 Å². The van der Waals surface area contributed by atoms with Crippen LogP contribution in [-0.2, 0) is 16.6 Å². The third-order valence-electron chi connectivity index (χ3n) is 5.56. The van der Waals surface area contributed by atoms with E-state index in [1.807, 2.05) is 48.5 Å². The van der Waals surface area contributed by atoms with Crippen LogP contribution in [0.4, 0.5) is 5.69 Å². The molecule has 4 aromatic rings. The normalized spacial score (nSPS) is 13.4. The van der Waals surface area contributed by atoms with Gasteiger partial charge >= 0.3 is 0 Å². The number of aliphatic imine (C=N–C) groups is 1. The first-order chi connectivity index (χ1) is 17.0. The number of carbonyl (C=O) groups excluding carboxylic acids is 1. The van der Waals surface area contributed by atoms with Gasteiger partial charge in [-0.2, -0.15) is 0 Å². The van der Waals surface area contributed by atoms with Crippen molar-refractivity contribution in [3.63, 3.8) is 0 Å². The summed E-state index contributed by atoms with van der Waals surface area (Å²) in [7, 11) is -3.81. The summed E-state index contributed by atoms with van der Waals surface area (Å²) < 4.78 is 39.8. The Labute approximate surface area is 202 Å². The first-order valence-electron chi connectivity index (χ1n) is 11.2. The molecule has 35 heavy (non-hydrogen) atoms. The van der Waals surface area contributed by atoms with Crippen molar-refractivity contribution >= 4 is 38.4 Å². The molecular weight excluding hydrogens is 466 g/mol. The number of ether oxygens (including phenoxy) is 1. The van der Waals surface area contributed by atoms with Crippen molar-refractivity contribution in [1.29, 1.82) is 0 Å². The number of anilines is 1. The van der Waals surface area contributed by atoms with E-state index >= 15 is 0 Å². The Kier molecular flexibility index (Phi) is 6.24. The molecular formula is C26H23N3O5S. The number of sulfonamides is 1. The second kappa shape index (κ2) is 9.63. The first-order valence-corrected chi connectivity index (χ1v) is 12.6. The van der Waals surface area contributed by atoms with Crippen molar-refractivity contribution < 1.29 is 22.4 Å². The van der Waals surface area contributed by atoms with Crippen LogP contribution < -0.4 is 14.8 Å². The Bertz CT molecular complexity index is 1510. The lowest BCUT2D eigenvalue weighted by Gasteiger charge is -2.10. The molecule has 1 aliphatic heterocycles. The van der Waals surface area contributed by atoms with Crippen LogP contribution in [0.5, 0.6) is 5.75 Å². The van der Waals surface area contributed by atoms with Gasteiger partial charge in [0.25, 0.3) is 15.9 Å². The molecule has 0 saturated carbocycles. The minimum absolute atomic E-state index is 0.0298. The van der Waals surface area contributed by atoms with Gasteiger partial charge in [0, 0.05) is 29.6 Å². The highest BCUT2D eigenvalue weighted by molar-refractivity contribution is 7.90. The van der Waals surface area contributed by atoms with Crippen molar-refractivity contribution in [1.82, 2.24) is 4.72 Å². The van der Waals surface area contributed by atoms with Crippen LogP contribution >= 0.6 is 0 Å². The van der Waals surface area contributed by atoms with Crippen molar-refractivity contribution in [2.45, 2.75) is 24.3 Å². The van der Waals surface area contributed by atoms with Gasteiger partial charge in [-0.25, -0.2) is 8.42 Å². The quantitative estimate of drug-likeness (QED) is 0.390. The molecule has 0 saturated heterocycles. The summed E-state index contributed by atoms with van der Waals surface area (Å²) in [5, 5.41) is 3.52. The van der Waals surface area contributed by atoms with Gasteiger partial charge in [-0.15, -0.1) is 0 Å². The zero-order valence-corrected chi connectivity index (χ0v) is 19.5. The smallest absolute Gasteiger partial charge is 0.291 e. The van der Waals surface area contributed by atoms with Gasteiger partial charge in [-0.3, -0.25) is 14.5 Å². The lowest BCUT2D eigenvalue weighted by Crippen LogP contribution is -2.29. The van der Waals surface area contributed by atoms with Crippen molar-refractivity contribution in [2.24, 2.45) is 4.99 Å². The monoisotopic (exact) mass is 489 g/mol. The number of fused-ring (bicyclic) bond motifs is 1. The highest BCUT2D eigenvalue weighted by atomic mass is 32.2. The predicted molar refractivity (Wildman–Crippen MR) is 133 cm³/mol. The van der Waals surface area contributed by atoms with Gasteiger partial charge in [0.1, 0.15) is 23.8 Å². The number of amides is 1. The Morgan fingerprint density at radius 3 is 2.60 bits per heavy atom. The topological polar surface area (TPSA) is 110 Å². The molecule has 0 spiro atoms. The summed E-state index contributed by atoms with van der Waals surface area (Å²) in [6.07, 6.45) is 1.41. The highest BCUT2D eigenvalue weighted by Gasteiger charge is 2.23. The third-order valence-corrected chi connectivity index (χ3v) is 6.94. The molecule has 8 nitrogen and oxygen atoms in total. The second-order valence-electron chi connectivity index (χ2n) is 8.03. The summed E-state index contributed by atoms with van der Waals surface area (Å²) in [5.41, 5.74) is 1.48. The van der Waals surface area contributed by atoms with Crippen molar-refractivity contribution in [3.05, 3.63) is 90.2 Å². The SMILES string of the molecule is O=C(Nc1cccc(S(=O)(=O)NC2=NCCC2)c1)c1oc2ccccc2c1COc1ccccc1. The molecule has 0 fully saturated rings. The standard InChI is InChI=1S/C26H23N3O5S/c30-26(28-18-8-6-11-20(16-18)35(31,32)29-24-14-7-15-27-24)25-22(17-33-19-9-2-1-3-10-19)21-12-4-5-13-23(21)34-25/h1-6,8-13,16H,7,14-15,17H2,(H,27,29)(H,28,30). The summed E-state index contributed by atoms with van der Waals surface area (Å²) in [4.78, 5) is 17.4. The van der Waals surface area contributed by atoms with E-state index in [1.54, 1.807) is 18.2 Å². The summed E-state index contributed by atoms with van der Waals surface area (Å²) in [6, 6.07) is 22.7. The summed E-state index contributed by atoms with van der Waals surface area (Å²) in [6.45, 7) is 0.742. The number of amidine groups is 1. The molecule has 0 radical (unpaired) electrons. The number of carbonyl (C=O) groups is 1. The average molecular weight is 490 g/mol. The number of furan rings is 1. The predicted octanol–water partition coefficient (Wildman–Crippen LogP) is 4.73. The summed E-state index contributed by atoms with van der Waals surface area (Å²) in [5.74, 6) is 0.718. The largest absolute Gasteiger partial charge is 0.489 e. The molecule has 9 heteroatoms. The Morgan fingerprint density at radius 2 is 1.80 bits per heavy atom. The molecule has 178 valence electrons. The first kappa shape index (κ1) is 22.7. The maximum absolute atomic E-state index is 13.2. The van der Waals surface area contributed by atoms with E-state index in [-0.39, 0.29) is 17.3 Å². The highest BCUT2D eigenvalue weighted by Crippen LogP contribution is 2.28. The van der Waals surface area contributed by atoms with Gasteiger partial charge < -0.3 is 14.5 Å². The van der Waals surface area contributed by atoms with Crippen LogP contribution in [-0.4, -0.2) is 26.7 Å². The molecule has 1 aliphatic rings. The van der Waals surface area contributed by atoms with E-state index in [9.17, 15) is 13.2 Å². The molecule has 0 atom stereocenters. The van der Waals surface area contributed by atoms with Crippen molar-refractivity contribution in [3.8, 4) is 5.75 Å². The third kappa shape index (κ3) is 5.04. The summed E-state index contributed by atoms with van der Waals surface area (Å²) >= 11 is 0. The minimum Gasteiger partial charge on any atom is -0.489 e. The maximum Gasteiger partial charge on any atom is 0.291 e. The van der Waals surface area contributed by atoms with Gasteiger partial charge in [-0.1, -0.05) is 42.5 Å². The number of nitrogens with one attached hydrogen (secondary N) is 2. The van der Waals surface area contributed by atoms with E-state index in [0.29, 0.717) is 41.4 Å². The minimum atomic E-state index is -3.81. The van der Waals surface area contributed by atoms with Crippen LogP contribution in [0.2, 0.25) is 0 Å². The number of nitrogens with zero attached hydrogens (tertiary/aromatic N) is 1. The molecule has 0 unspecified atom stereocenters. The van der Waals surface area contributed by atoms with E-state index < -0.39 is 15.9 Å². The number of rotatable bonds is 7. The number of para-hydroxylation sites is 2. The van der Waals surface area contributed by atoms with E-state index in [1.165, 1.54) is 12.1 Å². The van der Waals surface area contributed by atoms with Gasteiger partial charge in [0.15, 0.2) is 5.76 Å². The van der Waals surface area contributed by atoms with Crippen LogP contribution in [0.1, 0.15) is 29.0 Å². The molecule has 2 heterocycles. The molecule has 5 rings (SSSR count). The second-order valence-corrected chi connectivity index (χ2v) is 9.71. The molecule has 1 amide bonds. The van der Waals surface area contributed by atoms with Gasteiger partial charge in [0.2, 0.25) is 0 Å². The van der Waals surface area contributed by atoms with E-state index in [2.05, 4.69) is 15.0 Å². The average Bonchev–Trinajstić information content (AvgIpc) is 3.51. The number of hydrogen-bond acceptors (Lipinski definition) is 6. The van der Waals surface area contributed by atoms with Crippen molar-refractivity contribution in [2.75, 3.05) is 11.9 Å². The van der Waals surface area contributed by atoms with Crippen LogP contribution in [0.3, 0.4) is 0 Å². The Balaban J connectivity index is 1.39. The van der Waals surface area contributed by atoms with Crippen LogP contribution in [0.15, 0.2) is 93.2 Å². The fourth-order valence-corrected chi connectivity index (χ4v) is 5.00. The fourth-order valence-electron chi connectivity index (χ4n) is 3.86. The molecule has 1 aromatic heterocycles. The Morgan fingerprint density at radius 1 is 1.00 bits per heavy atom. The Hall–Kier alpha value is -4.11. The lowest BCUT2D eigenvalue weighted by atomic mass is 10.1. The lowest BCUT2D eigenvalue weighted by molar-refractivity contribution is 0.0995. The zero-order valence-electron chi connectivity index (χ0n) is 18.7. The van der Waals surface area contributed by atoms with Gasteiger partial charge in [0.05, 0.1) is 4.90 Å².